The van der Waals surface area contributed by atoms with Gasteiger partial charge >= 0.3 is 0 Å². The Morgan fingerprint density at radius 1 is 1.10 bits per heavy atom. The summed E-state index contributed by atoms with van der Waals surface area (Å²) in [5.74, 6) is 0.866. The first-order chi connectivity index (χ1) is 9.60. The summed E-state index contributed by atoms with van der Waals surface area (Å²) in [6, 6.07) is 13.9. The number of halogens is 2. The van der Waals surface area contributed by atoms with Crippen molar-refractivity contribution in [2.24, 2.45) is 0 Å². The van der Waals surface area contributed by atoms with Gasteiger partial charge in [0, 0.05) is 12.6 Å². The Kier molecular flexibility index (Phi) is 5.30. The lowest BCUT2D eigenvalue weighted by molar-refractivity contribution is 0.413. The molecule has 0 aliphatic rings. The maximum absolute atomic E-state index is 6.01. The quantitative estimate of drug-likeness (QED) is 0.852. The van der Waals surface area contributed by atoms with Crippen LogP contribution in [0.5, 0.6) is 5.75 Å². The lowest BCUT2D eigenvalue weighted by Gasteiger charge is -2.15. The maximum Gasteiger partial charge on any atom is 0.119 e. The summed E-state index contributed by atoms with van der Waals surface area (Å²) in [7, 11) is 1.67. The van der Waals surface area contributed by atoms with Gasteiger partial charge in [0.2, 0.25) is 0 Å². The fourth-order valence-corrected chi connectivity index (χ4v) is 2.27. The Morgan fingerprint density at radius 3 is 2.60 bits per heavy atom. The summed E-state index contributed by atoms with van der Waals surface area (Å²) in [5, 5.41) is 4.62. The number of ether oxygens (including phenoxy) is 1. The molecule has 0 radical (unpaired) electrons. The van der Waals surface area contributed by atoms with Crippen molar-refractivity contribution in [3.63, 3.8) is 0 Å². The molecule has 0 saturated carbocycles. The van der Waals surface area contributed by atoms with Crippen LogP contribution in [0.1, 0.15) is 24.1 Å². The Labute approximate surface area is 129 Å². The first-order valence-corrected chi connectivity index (χ1v) is 7.17. The molecule has 0 spiro atoms. The molecule has 2 nitrogen and oxygen atoms in total. The molecular weight excluding hydrogens is 293 g/mol. The predicted octanol–water partition coefficient (Wildman–Crippen LogP) is 4.85. The molecule has 106 valence electrons. The van der Waals surface area contributed by atoms with E-state index >= 15 is 0 Å². The van der Waals surface area contributed by atoms with E-state index in [0.717, 1.165) is 17.9 Å². The topological polar surface area (TPSA) is 21.3 Å². The molecule has 1 atom stereocenters. The van der Waals surface area contributed by atoms with E-state index < -0.39 is 0 Å². The average molecular weight is 310 g/mol. The van der Waals surface area contributed by atoms with E-state index in [2.05, 4.69) is 18.3 Å². The zero-order valence-electron chi connectivity index (χ0n) is 11.5. The average Bonchev–Trinajstić information content (AvgIpc) is 2.48. The van der Waals surface area contributed by atoms with Crippen LogP contribution in [0.15, 0.2) is 42.5 Å². The summed E-state index contributed by atoms with van der Waals surface area (Å²) in [6.07, 6.45) is 0. The molecule has 2 aromatic carbocycles. The summed E-state index contributed by atoms with van der Waals surface area (Å²) in [5.41, 5.74) is 2.29. The molecule has 0 aromatic heterocycles. The predicted molar refractivity (Wildman–Crippen MR) is 84.7 cm³/mol. The van der Waals surface area contributed by atoms with Crippen LogP contribution in [-0.4, -0.2) is 7.11 Å². The van der Waals surface area contributed by atoms with Crippen LogP contribution in [-0.2, 0) is 6.54 Å². The van der Waals surface area contributed by atoms with Crippen LogP contribution in [0, 0.1) is 0 Å². The fourth-order valence-electron chi connectivity index (χ4n) is 1.95. The van der Waals surface area contributed by atoms with Crippen molar-refractivity contribution < 1.29 is 4.74 Å². The van der Waals surface area contributed by atoms with Crippen molar-refractivity contribution in [2.45, 2.75) is 19.5 Å². The van der Waals surface area contributed by atoms with Gasteiger partial charge in [0.1, 0.15) is 5.75 Å². The summed E-state index contributed by atoms with van der Waals surface area (Å²) in [6.45, 7) is 2.85. The van der Waals surface area contributed by atoms with E-state index in [1.54, 1.807) is 7.11 Å². The van der Waals surface area contributed by atoms with E-state index in [1.807, 2.05) is 36.4 Å². The maximum atomic E-state index is 6.01. The molecule has 0 fully saturated rings. The first kappa shape index (κ1) is 15.2. The molecule has 0 heterocycles. The molecule has 0 saturated heterocycles. The van der Waals surface area contributed by atoms with Crippen molar-refractivity contribution in [2.75, 3.05) is 7.11 Å². The summed E-state index contributed by atoms with van der Waals surface area (Å²) < 4.78 is 5.24. The van der Waals surface area contributed by atoms with Gasteiger partial charge < -0.3 is 10.1 Å². The van der Waals surface area contributed by atoms with Gasteiger partial charge in [0.15, 0.2) is 0 Å². The molecule has 1 N–H and O–H groups in total. The second kappa shape index (κ2) is 6.98. The van der Waals surface area contributed by atoms with Crippen molar-refractivity contribution in [3.8, 4) is 5.75 Å². The van der Waals surface area contributed by atoms with E-state index in [1.165, 1.54) is 5.56 Å². The SMILES string of the molecule is COc1cccc(C(C)NCc2ccc(Cl)c(Cl)c2)c1. The third-order valence-corrected chi connectivity index (χ3v) is 3.93. The molecule has 0 amide bonds. The Hall–Kier alpha value is -1.22. The monoisotopic (exact) mass is 309 g/mol. The van der Waals surface area contributed by atoms with Gasteiger partial charge in [-0.3, -0.25) is 0 Å². The minimum Gasteiger partial charge on any atom is -0.497 e. The van der Waals surface area contributed by atoms with Gasteiger partial charge in [-0.15, -0.1) is 0 Å². The van der Waals surface area contributed by atoms with Gasteiger partial charge in [-0.1, -0.05) is 41.4 Å². The van der Waals surface area contributed by atoms with Crippen LogP contribution in [0.4, 0.5) is 0 Å². The fraction of sp³-hybridized carbons (Fsp3) is 0.250. The van der Waals surface area contributed by atoms with Crippen LogP contribution >= 0.6 is 23.2 Å². The lowest BCUT2D eigenvalue weighted by atomic mass is 10.1. The number of hydrogen-bond donors (Lipinski definition) is 1. The number of benzene rings is 2. The van der Waals surface area contributed by atoms with Crippen molar-refractivity contribution in [3.05, 3.63) is 63.6 Å². The van der Waals surface area contributed by atoms with Gasteiger partial charge in [-0.25, -0.2) is 0 Å². The van der Waals surface area contributed by atoms with Crippen molar-refractivity contribution in [1.82, 2.24) is 5.32 Å². The van der Waals surface area contributed by atoms with E-state index in [0.29, 0.717) is 10.0 Å². The van der Waals surface area contributed by atoms with Gasteiger partial charge in [-0.05, 0) is 42.3 Å². The Morgan fingerprint density at radius 2 is 1.90 bits per heavy atom. The summed E-state index contributed by atoms with van der Waals surface area (Å²) >= 11 is 11.9. The number of nitrogens with one attached hydrogen (secondary N) is 1. The highest BCUT2D eigenvalue weighted by Gasteiger charge is 2.06. The number of hydrogen-bond acceptors (Lipinski definition) is 2. The van der Waals surface area contributed by atoms with Gasteiger partial charge in [0.25, 0.3) is 0 Å². The normalized spacial score (nSPS) is 12.2. The highest BCUT2D eigenvalue weighted by atomic mass is 35.5. The zero-order valence-corrected chi connectivity index (χ0v) is 13.0. The first-order valence-electron chi connectivity index (χ1n) is 6.41. The van der Waals surface area contributed by atoms with Crippen molar-refractivity contribution in [1.29, 1.82) is 0 Å². The largest absolute Gasteiger partial charge is 0.497 e. The molecular formula is C16H17Cl2NO. The minimum absolute atomic E-state index is 0.222. The van der Waals surface area contributed by atoms with E-state index in [9.17, 15) is 0 Å². The highest BCUT2D eigenvalue weighted by Crippen LogP contribution is 2.23. The van der Waals surface area contributed by atoms with Gasteiger partial charge in [0.05, 0.1) is 17.2 Å². The van der Waals surface area contributed by atoms with Crippen LogP contribution in [0.25, 0.3) is 0 Å². The molecule has 0 aliphatic carbocycles. The number of methoxy groups -OCH3 is 1. The van der Waals surface area contributed by atoms with Gasteiger partial charge in [-0.2, -0.15) is 0 Å². The second-order valence-corrected chi connectivity index (χ2v) is 5.44. The van der Waals surface area contributed by atoms with E-state index in [4.69, 9.17) is 27.9 Å². The Bertz CT molecular complexity index is 586. The molecule has 0 bridgehead atoms. The lowest BCUT2D eigenvalue weighted by Crippen LogP contribution is -2.18. The standard InChI is InChI=1S/C16H17Cl2NO/c1-11(13-4-3-5-14(9-13)20-2)19-10-12-6-7-15(17)16(18)8-12/h3-9,11,19H,10H2,1-2H3. The third-order valence-electron chi connectivity index (χ3n) is 3.19. The molecule has 0 aliphatic heterocycles. The highest BCUT2D eigenvalue weighted by molar-refractivity contribution is 6.42. The number of rotatable bonds is 5. The molecule has 2 rings (SSSR count). The minimum atomic E-state index is 0.222. The Balaban J connectivity index is 2.00. The smallest absolute Gasteiger partial charge is 0.119 e. The summed E-state index contributed by atoms with van der Waals surface area (Å²) in [4.78, 5) is 0. The third kappa shape index (κ3) is 3.89. The molecule has 4 heteroatoms. The van der Waals surface area contributed by atoms with Crippen molar-refractivity contribution >= 4 is 23.2 Å². The van der Waals surface area contributed by atoms with E-state index in [-0.39, 0.29) is 6.04 Å². The zero-order chi connectivity index (χ0) is 14.5. The van der Waals surface area contributed by atoms with Crippen LogP contribution < -0.4 is 10.1 Å². The molecule has 1 unspecified atom stereocenters. The van der Waals surface area contributed by atoms with Crippen LogP contribution in [0.2, 0.25) is 10.0 Å². The van der Waals surface area contributed by atoms with Crippen LogP contribution in [0.3, 0.4) is 0 Å². The molecule has 20 heavy (non-hydrogen) atoms. The molecule has 2 aromatic rings. The second-order valence-electron chi connectivity index (χ2n) is 4.63.